The number of alkyl halides is 3. The van der Waals surface area contributed by atoms with Gasteiger partial charge in [0, 0.05) is 23.7 Å². The van der Waals surface area contributed by atoms with Gasteiger partial charge in [-0.05, 0) is 36.8 Å². The van der Waals surface area contributed by atoms with Crippen LogP contribution < -0.4 is 0 Å². The third-order valence-corrected chi connectivity index (χ3v) is 4.65. The quantitative estimate of drug-likeness (QED) is 0.439. The Kier molecular flexibility index (Phi) is 5.40. The van der Waals surface area contributed by atoms with Crippen molar-refractivity contribution in [1.82, 2.24) is 4.57 Å². The Bertz CT molecular complexity index is 1190. The number of halogens is 4. The summed E-state index contributed by atoms with van der Waals surface area (Å²) in [5.74, 6) is -1.37. The predicted molar refractivity (Wildman–Crippen MR) is 103 cm³/mol. The minimum Gasteiger partial charge on any atom is -0.477 e. The third-order valence-electron chi connectivity index (χ3n) is 4.35. The molecular weight excluding hydrogens is 405 g/mol. The Balaban J connectivity index is 2.16. The number of nitrogens with zero attached hydrogens (tertiary/aromatic N) is 2. The van der Waals surface area contributed by atoms with Crippen LogP contribution in [0.1, 0.15) is 22.3 Å². The number of hydrogen-bond donors (Lipinski definition) is 1. The largest absolute Gasteiger partial charge is 0.477 e. The molecule has 0 atom stereocenters. The van der Waals surface area contributed by atoms with Crippen molar-refractivity contribution in [1.29, 1.82) is 5.26 Å². The molecule has 1 aromatic heterocycles. The number of rotatable bonds is 4. The van der Waals surface area contributed by atoms with E-state index < -0.39 is 23.3 Å². The molecule has 29 heavy (non-hydrogen) atoms. The number of hydrogen-bond acceptors (Lipinski definition) is 2. The van der Waals surface area contributed by atoms with E-state index in [0.717, 1.165) is 12.1 Å². The summed E-state index contributed by atoms with van der Waals surface area (Å²) in [6, 6.07) is 10.4. The molecule has 0 aliphatic carbocycles. The van der Waals surface area contributed by atoms with Crippen LogP contribution in [0.2, 0.25) is 5.02 Å². The second kappa shape index (κ2) is 7.64. The first-order valence-corrected chi connectivity index (χ1v) is 8.78. The van der Waals surface area contributed by atoms with Gasteiger partial charge in [0.15, 0.2) is 0 Å². The number of carboxylic acid groups (broad SMARTS) is 1. The molecule has 0 amide bonds. The highest BCUT2D eigenvalue weighted by atomic mass is 35.5. The first-order chi connectivity index (χ1) is 13.6. The summed E-state index contributed by atoms with van der Waals surface area (Å²) >= 11 is 6.31. The fourth-order valence-corrected chi connectivity index (χ4v) is 3.48. The molecular formula is C21H14ClF3N2O2. The maximum Gasteiger partial charge on any atom is 0.416 e. The van der Waals surface area contributed by atoms with Crippen molar-refractivity contribution in [3.05, 3.63) is 75.4 Å². The van der Waals surface area contributed by atoms with Crippen LogP contribution in [0.3, 0.4) is 0 Å². The fraction of sp³-hybridized carbons (Fsp3) is 0.143. The van der Waals surface area contributed by atoms with Crippen molar-refractivity contribution in [2.24, 2.45) is 0 Å². The van der Waals surface area contributed by atoms with Crippen molar-refractivity contribution < 1.29 is 23.1 Å². The van der Waals surface area contributed by atoms with Gasteiger partial charge in [0.25, 0.3) is 0 Å². The standard InChI is InChI=1S/C21H14ClF3N2O2/c1-12-5-13(7-16(6-12)21(23,24)25)10-27-11-15(8-14(9-26)20(28)29)17-3-2-4-18(22)19(17)27/h2-8,11H,10H2,1H3,(H,28,29)/b14-8+. The van der Waals surface area contributed by atoms with E-state index in [1.54, 1.807) is 48.0 Å². The van der Waals surface area contributed by atoms with Gasteiger partial charge in [-0.25, -0.2) is 4.79 Å². The van der Waals surface area contributed by atoms with Crippen LogP contribution in [0, 0.1) is 18.3 Å². The zero-order valence-electron chi connectivity index (χ0n) is 15.1. The van der Waals surface area contributed by atoms with Crippen molar-refractivity contribution in [2.75, 3.05) is 0 Å². The van der Waals surface area contributed by atoms with E-state index in [-0.39, 0.29) is 6.54 Å². The normalized spacial score (nSPS) is 12.2. The Morgan fingerprint density at radius 3 is 2.66 bits per heavy atom. The van der Waals surface area contributed by atoms with Crippen LogP contribution in [0.25, 0.3) is 17.0 Å². The van der Waals surface area contributed by atoms with Gasteiger partial charge in [-0.2, -0.15) is 18.4 Å². The number of para-hydroxylation sites is 1. The Labute approximate surface area is 169 Å². The molecule has 0 spiro atoms. The van der Waals surface area contributed by atoms with E-state index in [4.69, 9.17) is 22.0 Å². The van der Waals surface area contributed by atoms with Gasteiger partial charge in [-0.3, -0.25) is 0 Å². The molecule has 0 saturated carbocycles. The first-order valence-electron chi connectivity index (χ1n) is 8.40. The molecule has 0 fully saturated rings. The molecule has 0 radical (unpaired) electrons. The molecule has 1 heterocycles. The van der Waals surface area contributed by atoms with E-state index in [2.05, 4.69) is 0 Å². The maximum atomic E-state index is 13.1. The van der Waals surface area contributed by atoms with E-state index >= 15 is 0 Å². The van der Waals surface area contributed by atoms with Crippen LogP contribution >= 0.6 is 11.6 Å². The summed E-state index contributed by atoms with van der Waals surface area (Å²) in [5.41, 5.74) is 0.661. The van der Waals surface area contributed by atoms with Gasteiger partial charge in [0.05, 0.1) is 16.1 Å². The van der Waals surface area contributed by atoms with E-state index in [1.807, 2.05) is 0 Å². The Hall–Kier alpha value is -3.24. The van der Waals surface area contributed by atoms with Gasteiger partial charge in [-0.1, -0.05) is 35.4 Å². The lowest BCUT2D eigenvalue weighted by Crippen LogP contribution is -2.07. The highest BCUT2D eigenvalue weighted by Crippen LogP contribution is 2.33. The van der Waals surface area contributed by atoms with Crippen molar-refractivity contribution >= 4 is 34.5 Å². The number of aromatic nitrogens is 1. The van der Waals surface area contributed by atoms with Crippen LogP contribution in [0.5, 0.6) is 0 Å². The molecule has 0 saturated heterocycles. The van der Waals surface area contributed by atoms with Gasteiger partial charge in [0.2, 0.25) is 0 Å². The molecule has 2 aromatic carbocycles. The SMILES string of the molecule is Cc1cc(Cn2cc(/C=C(\C#N)C(=O)O)c3cccc(Cl)c32)cc(C(F)(F)F)c1. The first kappa shape index (κ1) is 20.5. The minimum absolute atomic E-state index is 0.0911. The predicted octanol–water partition coefficient (Wildman–Crippen LogP) is 5.66. The number of fused-ring (bicyclic) bond motifs is 1. The summed E-state index contributed by atoms with van der Waals surface area (Å²) < 4.78 is 41.1. The number of nitriles is 1. The third kappa shape index (κ3) is 4.28. The lowest BCUT2D eigenvalue weighted by molar-refractivity contribution is -0.137. The number of aliphatic carboxylic acids is 1. The van der Waals surface area contributed by atoms with Crippen molar-refractivity contribution in [3.8, 4) is 6.07 Å². The van der Waals surface area contributed by atoms with E-state index in [0.29, 0.717) is 32.6 Å². The minimum atomic E-state index is -4.46. The molecule has 4 nitrogen and oxygen atoms in total. The summed E-state index contributed by atoms with van der Waals surface area (Å²) in [4.78, 5) is 11.2. The van der Waals surface area contributed by atoms with Gasteiger partial charge in [0.1, 0.15) is 11.6 Å². The summed E-state index contributed by atoms with van der Waals surface area (Å²) in [5, 5.41) is 19.1. The van der Waals surface area contributed by atoms with Crippen LogP contribution in [-0.4, -0.2) is 15.6 Å². The van der Waals surface area contributed by atoms with Crippen LogP contribution in [0.4, 0.5) is 13.2 Å². The zero-order chi connectivity index (χ0) is 21.3. The molecule has 1 N–H and O–H groups in total. The highest BCUT2D eigenvalue weighted by molar-refractivity contribution is 6.35. The Morgan fingerprint density at radius 2 is 2.03 bits per heavy atom. The number of aryl methyl sites for hydroxylation is 1. The van der Waals surface area contributed by atoms with Gasteiger partial charge < -0.3 is 9.67 Å². The maximum absolute atomic E-state index is 13.1. The fourth-order valence-electron chi connectivity index (χ4n) is 3.19. The van der Waals surface area contributed by atoms with E-state index in [9.17, 15) is 18.0 Å². The molecule has 8 heteroatoms. The summed E-state index contributed by atoms with van der Waals surface area (Å²) in [6.07, 6.45) is -1.67. The summed E-state index contributed by atoms with van der Waals surface area (Å²) in [6.45, 7) is 1.67. The summed E-state index contributed by atoms with van der Waals surface area (Å²) in [7, 11) is 0. The van der Waals surface area contributed by atoms with Crippen molar-refractivity contribution in [3.63, 3.8) is 0 Å². The number of carboxylic acids is 1. The lowest BCUT2D eigenvalue weighted by atomic mass is 10.1. The molecule has 0 aliphatic rings. The van der Waals surface area contributed by atoms with Gasteiger partial charge >= 0.3 is 12.1 Å². The number of carbonyl (C=O) groups is 1. The van der Waals surface area contributed by atoms with Crippen LogP contribution in [0.15, 0.2) is 48.2 Å². The number of benzene rings is 2. The molecule has 0 unspecified atom stereocenters. The average Bonchev–Trinajstić information content (AvgIpc) is 2.96. The highest BCUT2D eigenvalue weighted by Gasteiger charge is 2.31. The molecule has 0 bridgehead atoms. The monoisotopic (exact) mass is 418 g/mol. The molecule has 148 valence electrons. The molecule has 3 rings (SSSR count). The second-order valence-corrected chi connectivity index (χ2v) is 6.94. The Morgan fingerprint density at radius 1 is 1.31 bits per heavy atom. The van der Waals surface area contributed by atoms with Gasteiger partial charge in [-0.15, -0.1) is 0 Å². The van der Waals surface area contributed by atoms with Crippen molar-refractivity contribution in [2.45, 2.75) is 19.6 Å². The average molecular weight is 419 g/mol. The van der Waals surface area contributed by atoms with E-state index in [1.165, 1.54) is 6.08 Å². The smallest absolute Gasteiger partial charge is 0.416 e. The zero-order valence-corrected chi connectivity index (χ0v) is 15.8. The molecule has 0 aliphatic heterocycles. The molecule has 3 aromatic rings. The second-order valence-electron chi connectivity index (χ2n) is 6.53. The topological polar surface area (TPSA) is 66.0 Å². The van der Waals surface area contributed by atoms with Crippen LogP contribution in [-0.2, 0) is 17.5 Å². The lowest BCUT2D eigenvalue weighted by Gasteiger charge is -2.12.